The Morgan fingerprint density at radius 1 is 1.17 bits per heavy atom. The largest absolute Gasteiger partial charge is 0.495 e. The van der Waals surface area contributed by atoms with Crippen LogP contribution in [-0.4, -0.2) is 23.8 Å². The number of nitrogens with two attached hydrogens (primary N) is 1. The van der Waals surface area contributed by atoms with Gasteiger partial charge in [0.1, 0.15) is 5.75 Å². The van der Waals surface area contributed by atoms with E-state index in [-0.39, 0.29) is 22.5 Å². The minimum atomic E-state index is -0.654. The number of hydrogen-bond donors (Lipinski definition) is 2. The molecule has 0 aromatic heterocycles. The lowest BCUT2D eigenvalue weighted by atomic mass is 10.1. The molecule has 0 heterocycles. The Kier molecular flexibility index (Phi) is 4.55. The van der Waals surface area contributed by atoms with E-state index in [1.807, 2.05) is 0 Å². The number of anilines is 1. The van der Waals surface area contributed by atoms with Gasteiger partial charge >= 0.3 is 0 Å². The van der Waals surface area contributed by atoms with Crippen molar-refractivity contribution in [1.29, 1.82) is 0 Å². The second-order valence-electron chi connectivity index (χ2n) is 4.54. The van der Waals surface area contributed by atoms with Crippen LogP contribution in [0.5, 0.6) is 5.75 Å². The predicted molar refractivity (Wildman–Crippen MR) is 82.6 cm³/mol. The third kappa shape index (κ3) is 3.62. The fourth-order valence-corrected chi connectivity index (χ4v) is 1.91. The zero-order chi connectivity index (χ0) is 17.0. The van der Waals surface area contributed by atoms with Crippen molar-refractivity contribution in [1.82, 2.24) is 0 Å². The molecule has 8 nitrogen and oxygen atoms in total. The third-order valence-electron chi connectivity index (χ3n) is 3.05. The summed E-state index contributed by atoms with van der Waals surface area (Å²) in [6, 6.07) is 9.60. The quantitative estimate of drug-likeness (QED) is 0.644. The van der Waals surface area contributed by atoms with Gasteiger partial charge in [-0.2, -0.15) is 0 Å². The fraction of sp³-hybridized carbons (Fsp3) is 0.0667. The lowest BCUT2D eigenvalue weighted by Gasteiger charge is -2.11. The first-order valence-corrected chi connectivity index (χ1v) is 6.46. The maximum Gasteiger partial charge on any atom is 0.270 e. The number of carbonyl (C=O) groups excluding carboxylic acids is 2. The standard InChI is InChI=1S/C15H13N3O5/c1-23-13-6-5-9(14(16)19)8-12(13)17-15(20)10-3-2-4-11(7-10)18(21)22/h2-8H,1H3,(H2,16,19)(H,17,20). The van der Waals surface area contributed by atoms with Gasteiger partial charge in [0, 0.05) is 23.3 Å². The van der Waals surface area contributed by atoms with Gasteiger partial charge in [-0.25, -0.2) is 0 Å². The average Bonchev–Trinajstić information content (AvgIpc) is 2.54. The Hall–Kier alpha value is -3.42. The number of non-ortho nitro benzene ring substituents is 1. The molecule has 2 aromatic rings. The van der Waals surface area contributed by atoms with Crippen LogP contribution in [0.15, 0.2) is 42.5 Å². The highest BCUT2D eigenvalue weighted by molar-refractivity contribution is 6.06. The van der Waals surface area contributed by atoms with Crippen molar-refractivity contribution >= 4 is 23.2 Å². The highest BCUT2D eigenvalue weighted by Gasteiger charge is 2.14. The van der Waals surface area contributed by atoms with E-state index in [0.717, 1.165) is 6.07 Å². The molecule has 0 spiro atoms. The molecule has 0 aliphatic heterocycles. The zero-order valence-electron chi connectivity index (χ0n) is 12.1. The predicted octanol–water partition coefficient (Wildman–Crippen LogP) is 1.95. The summed E-state index contributed by atoms with van der Waals surface area (Å²) in [5, 5.41) is 13.3. The lowest BCUT2D eigenvalue weighted by Crippen LogP contribution is -2.15. The highest BCUT2D eigenvalue weighted by atomic mass is 16.6. The van der Waals surface area contributed by atoms with Gasteiger partial charge in [0.2, 0.25) is 5.91 Å². The number of nitrogens with one attached hydrogen (secondary N) is 1. The molecular weight excluding hydrogens is 302 g/mol. The molecule has 8 heteroatoms. The average molecular weight is 315 g/mol. The summed E-state index contributed by atoms with van der Waals surface area (Å²) in [5.41, 5.74) is 5.54. The molecule has 0 fully saturated rings. The van der Waals surface area contributed by atoms with Gasteiger partial charge in [-0.15, -0.1) is 0 Å². The van der Waals surface area contributed by atoms with E-state index in [2.05, 4.69) is 5.32 Å². The molecule has 0 unspecified atom stereocenters. The molecule has 0 radical (unpaired) electrons. The molecule has 0 saturated heterocycles. The third-order valence-corrected chi connectivity index (χ3v) is 3.05. The smallest absolute Gasteiger partial charge is 0.270 e. The molecule has 2 aromatic carbocycles. The Morgan fingerprint density at radius 2 is 1.91 bits per heavy atom. The summed E-state index contributed by atoms with van der Waals surface area (Å²) in [4.78, 5) is 33.6. The van der Waals surface area contributed by atoms with Gasteiger partial charge in [-0.1, -0.05) is 6.07 Å². The molecule has 23 heavy (non-hydrogen) atoms. The van der Waals surface area contributed by atoms with Crippen molar-refractivity contribution in [3.8, 4) is 5.75 Å². The molecule has 0 aliphatic carbocycles. The van der Waals surface area contributed by atoms with Gasteiger partial charge in [-0.05, 0) is 24.3 Å². The summed E-state index contributed by atoms with van der Waals surface area (Å²) in [6.45, 7) is 0. The summed E-state index contributed by atoms with van der Waals surface area (Å²) in [5.74, 6) is -0.902. The summed E-state index contributed by atoms with van der Waals surface area (Å²) in [6.07, 6.45) is 0. The monoisotopic (exact) mass is 315 g/mol. The first-order chi connectivity index (χ1) is 10.9. The number of hydrogen-bond acceptors (Lipinski definition) is 5. The van der Waals surface area contributed by atoms with E-state index in [9.17, 15) is 19.7 Å². The van der Waals surface area contributed by atoms with Crippen LogP contribution < -0.4 is 15.8 Å². The van der Waals surface area contributed by atoms with Gasteiger partial charge in [0.15, 0.2) is 0 Å². The Bertz CT molecular complexity index is 788. The normalized spacial score (nSPS) is 9.96. The first kappa shape index (κ1) is 16.0. The SMILES string of the molecule is COc1ccc(C(N)=O)cc1NC(=O)c1cccc([N+](=O)[O-])c1. The van der Waals surface area contributed by atoms with Crippen molar-refractivity contribution in [2.75, 3.05) is 12.4 Å². The highest BCUT2D eigenvalue weighted by Crippen LogP contribution is 2.26. The minimum Gasteiger partial charge on any atom is -0.495 e. The molecular formula is C15H13N3O5. The molecule has 2 amide bonds. The van der Waals surface area contributed by atoms with Crippen molar-refractivity contribution in [2.24, 2.45) is 5.73 Å². The van der Waals surface area contributed by atoms with Gasteiger partial charge in [0.25, 0.3) is 11.6 Å². The van der Waals surface area contributed by atoms with Crippen LogP contribution in [0.4, 0.5) is 11.4 Å². The van der Waals surface area contributed by atoms with E-state index in [1.165, 1.54) is 43.5 Å². The maximum absolute atomic E-state index is 12.2. The van der Waals surface area contributed by atoms with Crippen molar-refractivity contribution in [2.45, 2.75) is 0 Å². The second kappa shape index (κ2) is 6.56. The number of nitro benzene ring substituents is 1. The summed E-state index contributed by atoms with van der Waals surface area (Å²) in [7, 11) is 1.41. The van der Waals surface area contributed by atoms with Crippen LogP contribution >= 0.6 is 0 Å². The van der Waals surface area contributed by atoms with E-state index < -0.39 is 16.7 Å². The second-order valence-corrected chi connectivity index (χ2v) is 4.54. The van der Waals surface area contributed by atoms with Crippen LogP contribution in [0.2, 0.25) is 0 Å². The van der Waals surface area contributed by atoms with E-state index in [4.69, 9.17) is 10.5 Å². The first-order valence-electron chi connectivity index (χ1n) is 6.46. The minimum absolute atomic E-state index is 0.103. The Labute approximate surface area is 131 Å². The Balaban J connectivity index is 2.32. The van der Waals surface area contributed by atoms with E-state index >= 15 is 0 Å². The van der Waals surface area contributed by atoms with Crippen LogP contribution in [-0.2, 0) is 0 Å². The Morgan fingerprint density at radius 3 is 2.52 bits per heavy atom. The van der Waals surface area contributed by atoms with E-state index in [1.54, 1.807) is 0 Å². The molecule has 0 aliphatic rings. The molecule has 0 saturated carbocycles. The van der Waals surface area contributed by atoms with Gasteiger partial charge in [-0.3, -0.25) is 19.7 Å². The number of nitrogens with zero attached hydrogens (tertiary/aromatic N) is 1. The van der Waals surface area contributed by atoms with Crippen molar-refractivity contribution < 1.29 is 19.2 Å². The number of rotatable bonds is 5. The number of methoxy groups -OCH3 is 1. The van der Waals surface area contributed by atoms with E-state index in [0.29, 0.717) is 5.75 Å². The van der Waals surface area contributed by atoms with Crippen molar-refractivity contribution in [3.63, 3.8) is 0 Å². The topological polar surface area (TPSA) is 125 Å². The van der Waals surface area contributed by atoms with Gasteiger partial charge in [0.05, 0.1) is 17.7 Å². The van der Waals surface area contributed by atoms with Crippen LogP contribution in [0.25, 0.3) is 0 Å². The van der Waals surface area contributed by atoms with Crippen molar-refractivity contribution in [3.05, 3.63) is 63.7 Å². The summed E-state index contributed by atoms with van der Waals surface area (Å²) < 4.78 is 5.10. The summed E-state index contributed by atoms with van der Waals surface area (Å²) >= 11 is 0. The number of ether oxygens (including phenoxy) is 1. The lowest BCUT2D eigenvalue weighted by molar-refractivity contribution is -0.384. The number of nitro groups is 1. The number of primary amides is 1. The molecule has 0 atom stereocenters. The number of benzene rings is 2. The number of amides is 2. The molecule has 118 valence electrons. The van der Waals surface area contributed by atoms with Crippen LogP contribution in [0.3, 0.4) is 0 Å². The molecule has 3 N–H and O–H groups in total. The molecule has 2 rings (SSSR count). The van der Waals surface area contributed by atoms with Gasteiger partial charge < -0.3 is 15.8 Å². The zero-order valence-corrected chi connectivity index (χ0v) is 12.1. The molecule has 0 bridgehead atoms. The fourth-order valence-electron chi connectivity index (χ4n) is 1.91. The van der Waals surface area contributed by atoms with Crippen LogP contribution in [0, 0.1) is 10.1 Å². The maximum atomic E-state index is 12.2. The van der Waals surface area contributed by atoms with Crippen LogP contribution in [0.1, 0.15) is 20.7 Å². The number of carbonyl (C=O) groups is 2.